The van der Waals surface area contributed by atoms with Crippen molar-refractivity contribution < 1.29 is 4.74 Å². The van der Waals surface area contributed by atoms with E-state index < -0.39 is 0 Å². The number of fused-ring (bicyclic) bond motifs is 1. The Kier molecular flexibility index (Phi) is 3.76. The Bertz CT molecular complexity index is 801. The molecule has 6 nitrogen and oxygen atoms in total. The van der Waals surface area contributed by atoms with Gasteiger partial charge in [0, 0.05) is 18.8 Å². The van der Waals surface area contributed by atoms with Gasteiger partial charge in [0.15, 0.2) is 0 Å². The minimum absolute atomic E-state index is 0.324. The first-order chi connectivity index (χ1) is 12.8. The molecule has 134 valence electrons. The predicted octanol–water partition coefficient (Wildman–Crippen LogP) is 3.15. The summed E-state index contributed by atoms with van der Waals surface area (Å²) in [7, 11) is 1.71. The molecule has 1 aliphatic carbocycles. The van der Waals surface area contributed by atoms with Gasteiger partial charge in [-0.05, 0) is 42.9 Å². The van der Waals surface area contributed by atoms with Gasteiger partial charge in [-0.15, -0.1) is 0 Å². The second-order valence-electron chi connectivity index (χ2n) is 7.35. The number of rotatable bonds is 4. The molecule has 6 heteroatoms. The lowest BCUT2D eigenvalue weighted by Crippen LogP contribution is -2.42. The van der Waals surface area contributed by atoms with Crippen LogP contribution in [0, 0.1) is 0 Å². The molecule has 2 aromatic rings. The number of amidine groups is 1. The molecule has 0 bridgehead atoms. The summed E-state index contributed by atoms with van der Waals surface area (Å²) in [6, 6.07) is 9.36. The fraction of sp³-hybridized carbons (Fsp3) is 0.450. The quantitative estimate of drug-likeness (QED) is 0.849. The molecular weight excluding hydrogens is 326 g/mol. The average Bonchev–Trinajstić information content (AvgIpc) is 3.22. The third-order valence-corrected chi connectivity index (χ3v) is 5.94. The lowest BCUT2D eigenvalue weighted by atomic mass is 9.75. The second-order valence-corrected chi connectivity index (χ2v) is 7.35. The number of nitrogens with zero attached hydrogens (tertiary/aromatic N) is 5. The number of hydrazone groups is 1. The molecule has 3 heterocycles. The molecular formula is C20H23N5O. The van der Waals surface area contributed by atoms with Crippen LogP contribution in [0.4, 0.5) is 0 Å². The number of ether oxygens (including phenoxy) is 1. The first-order valence-electron chi connectivity index (χ1n) is 9.32. The molecule has 2 fully saturated rings. The third-order valence-electron chi connectivity index (χ3n) is 5.94. The first-order valence-corrected chi connectivity index (χ1v) is 9.32. The maximum absolute atomic E-state index is 5.25. The Balaban J connectivity index is 1.22. The van der Waals surface area contributed by atoms with Crippen molar-refractivity contribution in [2.45, 2.75) is 43.7 Å². The van der Waals surface area contributed by atoms with Gasteiger partial charge in [0.1, 0.15) is 18.3 Å². The molecule has 5 rings (SSSR count). The van der Waals surface area contributed by atoms with Crippen molar-refractivity contribution in [2.75, 3.05) is 13.8 Å². The smallest absolute Gasteiger partial charge is 0.127 e. The summed E-state index contributed by atoms with van der Waals surface area (Å²) in [6.07, 6.45) is 9.87. The van der Waals surface area contributed by atoms with Crippen LogP contribution in [0.5, 0.6) is 5.75 Å². The van der Waals surface area contributed by atoms with Crippen LogP contribution in [0.15, 0.2) is 48.0 Å². The van der Waals surface area contributed by atoms with E-state index >= 15 is 0 Å². The molecule has 1 saturated heterocycles. The number of benzene rings is 1. The Morgan fingerprint density at radius 2 is 1.96 bits per heavy atom. The molecule has 1 atom stereocenters. The highest BCUT2D eigenvalue weighted by Gasteiger charge is 2.42. The molecule has 2 aliphatic heterocycles. The minimum atomic E-state index is 0.324. The summed E-state index contributed by atoms with van der Waals surface area (Å²) in [5, 5.41) is 7.20. The third kappa shape index (κ3) is 2.60. The molecule has 0 unspecified atom stereocenters. The highest BCUT2D eigenvalue weighted by atomic mass is 16.5. The van der Waals surface area contributed by atoms with E-state index in [4.69, 9.17) is 9.84 Å². The number of hydrogen-bond acceptors (Lipinski definition) is 6. The van der Waals surface area contributed by atoms with Crippen molar-refractivity contribution in [3.8, 4) is 5.75 Å². The summed E-state index contributed by atoms with van der Waals surface area (Å²) < 4.78 is 5.25. The SMILES string of the molecule is COc1ccc(C2CC(N3CN4C(=N3)CC[C@H]4c3cnccn3)C2)cc1. The van der Waals surface area contributed by atoms with Crippen LogP contribution in [-0.2, 0) is 0 Å². The average molecular weight is 349 g/mol. The standard InChI is InChI=1S/C20H23N5O/c1-26-17-4-2-14(3-5-17)15-10-16(11-15)25-13-24-19(6-7-20(24)23-25)18-12-21-8-9-22-18/h2-5,8-9,12,15-16,19H,6-7,10-11,13H2,1H3/t15?,16?,19-/m0/s1. The van der Waals surface area contributed by atoms with E-state index in [1.807, 2.05) is 6.20 Å². The largest absolute Gasteiger partial charge is 0.497 e. The van der Waals surface area contributed by atoms with Gasteiger partial charge >= 0.3 is 0 Å². The van der Waals surface area contributed by atoms with E-state index in [2.05, 4.69) is 44.1 Å². The van der Waals surface area contributed by atoms with Gasteiger partial charge in [-0.2, -0.15) is 5.10 Å². The summed E-state index contributed by atoms with van der Waals surface area (Å²) in [5.41, 5.74) is 2.47. The maximum atomic E-state index is 5.25. The van der Waals surface area contributed by atoms with Crippen LogP contribution in [0.3, 0.4) is 0 Å². The number of aromatic nitrogens is 2. The monoisotopic (exact) mass is 349 g/mol. The Hall–Kier alpha value is -2.63. The summed E-state index contributed by atoms with van der Waals surface area (Å²) in [4.78, 5) is 11.1. The van der Waals surface area contributed by atoms with E-state index in [9.17, 15) is 0 Å². The Morgan fingerprint density at radius 3 is 2.69 bits per heavy atom. The van der Waals surface area contributed by atoms with E-state index in [0.29, 0.717) is 18.0 Å². The maximum Gasteiger partial charge on any atom is 0.127 e. The Morgan fingerprint density at radius 1 is 1.12 bits per heavy atom. The number of hydrogen-bond donors (Lipinski definition) is 0. The zero-order valence-electron chi connectivity index (χ0n) is 15.0. The zero-order valence-corrected chi connectivity index (χ0v) is 15.0. The summed E-state index contributed by atoms with van der Waals surface area (Å²) in [6.45, 7) is 0.885. The van der Waals surface area contributed by atoms with E-state index in [0.717, 1.165) is 31.0 Å². The molecule has 0 spiro atoms. The van der Waals surface area contributed by atoms with E-state index in [1.54, 1.807) is 19.5 Å². The lowest BCUT2D eigenvalue weighted by Gasteiger charge is -2.41. The fourth-order valence-corrected chi connectivity index (χ4v) is 4.34. The normalized spacial score (nSPS) is 27.1. The van der Waals surface area contributed by atoms with E-state index in [-0.39, 0.29) is 0 Å². The second kappa shape index (κ2) is 6.27. The van der Waals surface area contributed by atoms with E-state index in [1.165, 1.54) is 24.2 Å². The van der Waals surface area contributed by atoms with Crippen LogP contribution >= 0.6 is 0 Å². The molecule has 1 aromatic carbocycles. The van der Waals surface area contributed by atoms with Gasteiger partial charge in [0.05, 0.1) is 31.1 Å². The zero-order chi connectivity index (χ0) is 17.5. The van der Waals surface area contributed by atoms with Gasteiger partial charge in [0.25, 0.3) is 0 Å². The molecule has 0 N–H and O–H groups in total. The fourth-order valence-electron chi connectivity index (χ4n) is 4.34. The Labute approximate surface area is 153 Å². The molecule has 1 aromatic heterocycles. The van der Waals surface area contributed by atoms with Gasteiger partial charge in [-0.25, -0.2) is 0 Å². The van der Waals surface area contributed by atoms with Gasteiger partial charge in [-0.1, -0.05) is 12.1 Å². The molecule has 3 aliphatic rings. The summed E-state index contributed by atoms with van der Waals surface area (Å²) >= 11 is 0. The first kappa shape index (κ1) is 15.6. The van der Waals surface area contributed by atoms with Crippen LogP contribution in [-0.4, -0.2) is 45.5 Å². The lowest BCUT2D eigenvalue weighted by molar-refractivity contribution is 0.0863. The molecule has 1 saturated carbocycles. The minimum Gasteiger partial charge on any atom is -0.497 e. The highest BCUT2D eigenvalue weighted by molar-refractivity contribution is 5.85. The van der Waals surface area contributed by atoms with Gasteiger partial charge in [-0.3, -0.25) is 15.0 Å². The highest BCUT2D eigenvalue weighted by Crippen LogP contribution is 2.43. The van der Waals surface area contributed by atoms with Crippen LogP contribution < -0.4 is 4.74 Å². The van der Waals surface area contributed by atoms with Crippen molar-refractivity contribution in [3.63, 3.8) is 0 Å². The number of methoxy groups -OCH3 is 1. The topological polar surface area (TPSA) is 53.9 Å². The van der Waals surface area contributed by atoms with Gasteiger partial charge in [0.2, 0.25) is 0 Å². The molecule has 0 radical (unpaired) electrons. The molecule has 26 heavy (non-hydrogen) atoms. The van der Waals surface area contributed by atoms with Crippen molar-refractivity contribution in [3.05, 3.63) is 54.1 Å². The van der Waals surface area contributed by atoms with Crippen LogP contribution in [0.2, 0.25) is 0 Å². The van der Waals surface area contributed by atoms with Crippen molar-refractivity contribution in [2.24, 2.45) is 5.10 Å². The van der Waals surface area contributed by atoms with Crippen LogP contribution in [0.1, 0.15) is 48.9 Å². The van der Waals surface area contributed by atoms with Crippen LogP contribution in [0.25, 0.3) is 0 Å². The van der Waals surface area contributed by atoms with Crippen molar-refractivity contribution in [1.82, 2.24) is 19.9 Å². The van der Waals surface area contributed by atoms with Gasteiger partial charge < -0.3 is 9.64 Å². The van der Waals surface area contributed by atoms with Crippen molar-refractivity contribution >= 4 is 5.84 Å². The summed E-state index contributed by atoms with van der Waals surface area (Å²) in [5.74, 6) is 2.78. The molecule has 0 amide bonds. The van der Waals surface area contributed by atoms with Crippen molar-refractivity contribution in [1.29, 1.82) is 0 Å². The predicted molar refractivity (Wildman–Crippen MR) is 98.7 cm³/mol.